The molecule has 1 aliphatic rings. The Hall–Kier alpha value is -0.670. The van der Waals surface area contributed by atoms with Crippen LogP contribution in [0.1, 0.15) is 37.0 Å². The highest BCUT2D eigenvalue weighted by atomic mass is 79.9. The fourth-order valence-electron chi connectivity index (χ4n) is 2.51. The molecule has 0 N–H and O–H groups in total. The molecule has 0 saturated carbocycles. The molecule has 1 aromatic carbocycles. The molecule has 2 rings (SSSR count). The quantitative estimate of drug-likeness (QED) is 0.793. The van der Waals surface area contributed by atoms with Crippen LogP contribution in [0.15, 0.2) is 28.7 Å². The third-order valence-electron chi connectivity index (χ3n) is 3.76. The number of hydrogen-bond acceptors (Lipinski definition) is 2. The molecule has 98 valence electrons. The van der Waals surface area contributed by atoms with Gasteiger partial charge in [0.05, 0.1) is 6.54 Å². The van der Waals surface area contributed by atoms with Crippen molar-refractivity contribution in [2.75, 3.05) is 13.1 Å². The van der Waals surface area contributed by atoms with Crippen molar-refractivity contribution in [3.63, 3.8) is 0 Å². The lowest BCUT2D eigenvalue weighted by Gasteiger charge is -2.36. The molecule has 1 saturated heterocycles. The van der Waals surface area contributed by atoms with Crippen LogP contribution in [-0.4, -0.2) is 29.8 Å². The second-order valence-electron chi connectivity index (χ2n) is 5.39. The summed E-state index contributed by atoms with van der Waals surface area (Å²) in [6.07, 6.45) is 2.49. The number of piperidine rings is 1. The molecule has 1 aromatic rings. The van der Waals surface area contributed by atoms with Crippen LogP contribution in [0.5, 0.6) is 0 Å². The van der Waals surface area contributed by atoms with E-state index in [-0.39, 0.29) is 5.78 Å². The minimum atomic E-state index is 0.225. The van der Waals surface area contributed by atoms with Crippen molar-refractivity contribution in [2.24, 2.45) is 5.92 Å². The standard InChI is InChI=1S/C15H20BrNO/c1-11-3-4-12(2)17(9-11)10-15(18)13-5-7-14(16)8-6-13/h5-8,11-12H,3-4,9-10H2,1-2H3. The van der Waals surface area contributed by atoms with Crippen LogP contribution in [0.2, 0.25) is 0 Å². The molecule has 0 radical (unpaired) electrons. The highest BCUT2D eigenvalue weighted by Gasteiger charge is 2.24. The highest BCUT2D eigenvalue weighted by Crippen LogP contribution is 2.21. The van der Waals surface area contributed by atoms with E-state index in [9.17, 15) is 4.79 Å². The Balaban J connectivity index is 2.00. The molecule has 1 fully saturated rings. The smallest absolute Gasteiger partial charge is 0.176 e. The van der Waals surface area contributed by atoms with Crippen molar-refractivity contribution in [2.45, 2.75) is 32.7 Å². The maximum Gasteiger partial charge on any atom is 0.176 e. The summed E-state index contributed by atoms with van der Waals surface area (Å²) in [7, 11) is 0. The van der Waals surface area contributed by atoms with Crippen LogP contribution < -0.4 is 0 Å². The SMILES string of the molecule is CC1CCC(C)N(CC(=O)c2ccc(Br)cc2)C1. The lowest BCUT2D eigenvalue weighted by Crippen LogP contribution is -2.43. The van der Waals surface area contributed by atoms with E-state index < -0.39 is 0 Å². The fraction of sp³-hybridized carbons (Fsp3) is 0.533. The van der Waals surface area contributed by atoms with Gasteiger partial charge in [-0.25, -0.2) is 0 Å². The van der Waals surface area contributed by atoms with Crippen molar-refractivity contribution < 1.29 is 4.79 Å². The highest BCUT2D eigenvalue weighted by molar-refractivity contribution is 9.10. The summed E-state index contributed by atoms with van der Waals surface area (Å²) in [5.74, 6) is 0.933. The Morgan fingerprint density at radius 1 is 1.28 bits per heavy atom. The Morgan fingerprint density at radius 2 is 1.94 bits per heavy atom. The molecule has 0 amide bonds. The molecular formula is C15H20BrNO. The van der Waals surface area contributed by atoms with Crippen molar-refractivity contribution in [1.29, 1.82) is 0 Å². The third kappa shape index (κ3) is 3.42. The number of nitrogens with zero attached hydrogens (tertiary/aromatic N) is 1. The molecular weight excluding hydrogens is 290 g/mol. The first-order valence-electron chi connectivity index (χ1n) is 6.59. The minimum absolute atomic E-state index is 0.225. The number of rotatable bonds is 3. The first-order chi connectivity index (χ1) is 8.56. The van der Waals surface area contributed by atoms with Crippen LogP contribution in [0.4, 0.5) is 0 Å². The van der Waals surface area contributed by atoms with E-state index in [2.05, 4.69) is 34.7 Å². The largest absolute Gasteiger partial charge is 0.293 e. The van der Waals surface area contributed by atoms with Gasteiger partial charge < -0.3 is 0 Å². The van der Waals surface area contributed by atoms with Gasteiger partial charge in [0.15, 0.2) is 5.78 Å². The van der Waals surface area contributed by atoms with Gasteiger partial charge in [-0.15, -0.1) is 0 Å². The first-order valence-corrected chi connectivity index (χ1v) is 7.38. The molecule has 0 bridgehead atoms. The number of halogens is 1. The fourth-order valence-corrected chi connectivity index (χ4v) is 2.78. The van der Waals surface area contributed by atoms with Gasteiger partial charge in [-0.3, -0.25) is 9.69 Å². The second kappa shape index (κ2) is 5.98. The average Bonchev–Trinajstić information content (AvgIpc) is 2.34. The normalized spacial score (nSPS) is 25.1. The lowest BCUT2D eigenvalue weighted by molar-refractivity contribution is 0.0805. The molecule has 1 aliphatic heterocycles. The summed E-state index contributed by atoms with van der Waals surface area (Å²) in [6, 6.07) is 8.17. The summed E-state index contributed by atoms with van der Waals surface area (Å²) in [5.41, 5.74) is 0.809. The lowest BCUT2D eigenvalue weighted by atomic mass is 9.94. The summed E-state index contributed by atoms with van der Waals surface area (Å²) >= 11 is 3.39. The maximum atomic E-state index is 12.2. The molecule has 0 aliphatic carbocycles. The number of benzene rings is 1. The van der Waals surface area contributed by atoms with E-state index in [0.717, 1.165) is 16.6 Å². The van der Waals surface area contributed by atoms with Gasteiger partial charge in [0.2, 0.25) is 0 Å². The molecule has 3 heteroatoms. The first kappa shape index (κ1) is 13.8. The zero-order valence-corrected chi connectivity index (χ0v) is 12.6. The van der Waals surface area contributed by atoms with E-state index in [1.165, 1.54) is 12.8 Å². The molecule has 2 atom stereocenters. The van der Waals surface area contributed by atoms with E-state index in [1.807, 2.05) is 24.3 Å². The molecule has 0 spiro atoms. The van der Waals surface area contributed by atoms with Crippen LogP contribution in [-0.2, 0) is 0 Å². The van der Waals surface area contributed by atoms with Crippen LogP contribution >= 0.6 is 15.9 Å². The molecule has 0 aromatic heterocycles. The number of Topliss-reactive ketones (excluding diaryl/α,β-unsaturated/α-hetero) is 1. The molecule has 2 nitrogen and oxygen atoms in total. The maximum absolute atomic E-state index is 12.2. The minimum Gasteiger partial charge on any atom is -0.293 e. The van der Waals surface area contributed by atoms with Gasteiger partial charge in [0.1, 0.15) is 0 Å². The zero-order valence-electron chi connectivity index (χ0n) is 11.0. The Labute approximate surface area is 117 Å². The van der Waals surface area contributed by atoms with Gasteiger partial charge in [-0.1, -0.05) is 35.0 Å². The Morgan fingerprint density at radius 3 is 2.61 bits per heavy atom. The number of likely N-dealkylation sites (tertiary alicyclic amines) is 1. The number of hydrogen-bond donors (Lipinski definition) is 0. The monoisotopic (exact) mass is 309 g/mol. The van der Waals surface area contributed by atoms with E-state index in [4.69, 9.17) is 0 Å². The average molecular weight is 310 g/mol. The molecule has 1 heterocycles. The number of ketones is 1. The van der Waals surface area contributed by atoms with Gasteiger partial charge in [-0.2, -0.15) is 0 Å². The second-order valence-corrected chi connectivity index (χ2v) is 6.31. The van der Waals surface area contributed by atoms with Gasteiger partial charge in [-0.05, 0) is 37.8 Å². The van der Waals surface area contributed by atoms with E-state index >= 15 is 0 Å². The summed E-state index contributed by atoms with van der Waals surface area (Å²) in [5, 5.41) is 0. The van der Waals surface area contributed by atoms with Crippen LogP contribution in [0, 0.1) is 5.92 Å². The number of carbonyl (C=O) groups is 1. The zero-order chi connectivity index (χ0) is 13.1. The predicted octanol–water partition coefficient (Wildman–Crippen LogP) is 3.75. The van der Waals surface area contributed by atoms with E-state index in [0.29, 0.717) is 18.5 Å². The van der Waals surface area contributed by atoms with Gasteiger partial charge in [0, 0.05) is 22.6 Å². The Bertz CT molecular complexity index is 415. The molecule has 18 heavy (non-hydrogen) atoms. The Kier molecular flexibility index (Phi) is 4.57. The summed E-state index contributed by atoms with van der Waals surface area (Å²) < 4.78 is 1.01. The van der Waals surface area contributed by atoms with E-state index in [1.54, 1.807) is 0 Å². The summed E-state index contributed by atoms with van der Waals surface area (Å²) in [6.45, 7) is 6.08. The van der Waals surface area contributed by atoms with Crippen molar-refractivity contribution in [1.82, 2.24) is 4.90 Å². The van der Waals surface area contributed by atoms with Crippen molar-refractivity contribution in [3.8, 4) is 0 Å². The van der Waals surface area contributed by atoms with Crippen LogP contribution in [0.3, 0.4) is 0 Å². The van der Waals surface area contributed by atoms with Crippen molar-refractivity contribution >= 4 is 21.7 Å². The summed E-state index contributed by atoms with van der Waals surface area (Å²) in [4.78, 5) is 14.5. The van der Waals surface area contributed by atoms with Gasteiger partial charge >= 0.3 is 0 Å². The van der Waals surface area contributed by atoms with Crippen molar-refractivity contribution in [3.05, 3.63) is 34.3 Å². The third-order valence-corrected chi connectivity index (χ3v) is 4.29. The van der Waals surface area contributed by atoms with Gasteiger partial charge in [0.25, 0.3) is 0 Å². The topological polar surface area (TPSA) is 20.3 Å². The predicted molar refractivity (Wildman–Crippen MR) is 77.9 cm³/mol. The molecule has 2 unspecified atom stereocenters. The van der Waals surface area contributed by atoms with Crippen LogP contribution in [0.25, 0.3) is 0 Å². The number of carbonyl (C=O) groups excluding carboxylic acids is 1.